The Hall–Kier alpha value is -1.52. The molecule has 0 aliphatic rings. The molecule has 0 fully saturated rings. The van der Waals surface area contributed by atoms with Gasteiger partial charge in [0.1, 0.15) is 6.04 Å². The number of amides is 2. The first-order chi connectivity index (χ1) is 8.11. The molecule has 0 rings (SSSR count). The molecule has 0 unspecified atom stereocenters. The summed E-state index contributed by atoms with van der Waals surface area (Å²) in [7, 11) is 0. The van der Waals surface area contributed by atoms with Crippen molar-refractivity contribution in [3.05, 3.63) is 12.7 Å². The van der Waals surface area contributed by atoms with Crippen molar-refractivity contribution < 1.29 is 14.7 Å². The predicted molar refractivity (Wildman–Crippen MR) is 66.9 cm³/mol. The third-order valence-corrected chi connectivity index (χ3v) is 2.32. The highest BCUT2D eigenvalue weighted by molar-refractivity contribution is 5.82. The topological polar surface area (TPSA) is 78.4 Å². The number of allylic oxidation sites excluding steroid dienone is 1. The molecule has 2 amide bonds. The van der Waals surface area contributed by atoms with Crippen molar-refractivity contribution in [3.63, 3.8) is 0 Å². The summed E-state index contributed by atoms with van der Waals surface area (Å²) in [5, 5.41) is 14.0. The summed E-state index contributed by atoms with van der Waals surface area (Å²) in [5.41, 5.74) is 0. The van der Waals surface area contributed by atoms with Gasteiger partial charge in [0.05, 0.1) is 0 Å². The second kappa shape index (κ2) is 9.69. The van der Waals surface area contributed by atoms with E-state index in [1.165, 1.54) is 0 Å². The van der Waals surface area contributed by atoms with Crippen LogP contribution in [0.25, 0.3) is 0 Å². The summed E-state index contributed by atoms with van der Waals surface area (Å²) in [6, 6.07) is -1.22. The minimum Gasteiger partial charge on any atom is -0.480 e. The van der Waals surface area contributed by atoms with Crippen molar-refractivity contribution in [2.24, 2.45) is 0 Å². The normalized spacial score (nSPS) is 11.6. The lowest BCUT2D eigenvalue weighted by atomic mass is 10.1. The van der Waals surface area contributed by atoms with Crippen molar-refractivity contribution in [2.45, 2.75) is 45.1 Å². The van der Waals surface area contributed by atoms with E-state index >= 15 is 0 Å². The Morgan fingerprint density at radius 1 is 1.41 bits per heavy atom. The van der Waals surface area contributed by atoms with Gasteiger partial charge < -0.3 is 15.7 Å². The maximum atomic E-state index is 11.4. The SMILES string of the molecule is C=CCCCNC(=O)N[C@@H](CCCC)C(=O)O. The zero-order chi connectivity index (χ0) is 13.1. The van der Waals surface area contributed by atoms with Crippen LogP contribution in [0, 0.1) is 0 Å². The molecule has 1 atom stereocenters. The largest absolute Gasteiger partial charge is 0.480 e. The van der Waals surface area contributed by atoms with Gasteiger partial charge in [0.2, 0.25) is 0 Å². The van der Waals surface area contributed by atoms with Crippen LogP contribution in [0.4, 0.5) is 4.79 Å². The number of hydrogen-bond donors (Lipinski definition) is 3. The van der Waals surface area contributed by atoms with Crippen molar-refractivity contribution in [3.8, 4) is 0 Å². The molecule has 0 aliphatic heterocycles. The van der Waals surface area contributed by atoms with Crippen molar-refractivity contribution in [1.82, 2.24) is 10.6 Å². The second-order valence-electron chi connectivity index (χ2n) is 3.86. The monoisotopic (exact) mass is 242 g/mol. The molecule has 98 valence electrons. The van der Waals surface area contributed by atoms with E-state index in [1.807, 2.05) is 6.92 Å². The van der Waals surface area contributed by atoms with Crippen LogP contribution in [0.1, 0.15) is 39.0 Å². The minimum atomic E-state index is -0.986. The Labute approximate surface area is 102 Å². The molecule has 5 nitrogen and oxygen atoms in total. The van der Waals surface area contributed by atoms with Gasteiger partial charge in [-0.1, -0.05) is 25.8 Å². The first-order valence-corrected chi connectivity index (χ1v) is 5.99. The van der Waals surface area contributed by atoms with Gasteiger partial charge in [0.15, 0.2) is 0 Å². The quantitative estimate of drug-likeness (QED) is 0.427. The molecule has 3 N–H and O–H groups in total. The average Bonchev–Trinajstić information content (AvgIpc) is 2.29. The third-order valence-electron chi connectivity index (χ3n) is 2.32. The Morgan fingerprint density at radius 2 is 2.12 bits per heavy atom. The molecule has 5 heteroatoms. The van der Waals surface area contributed by atoms with E-state index in [9.17, 15) is 9.59 Å². The van der Waals surface area contributed by atoms with E-state index < -0.39 is 18.0 Å². The van der Waals surface area contributed by atoms with Crippen LogP contribution in [-0.4, -0.2) is 29.7 Å². The molecule has 17 heavy (non-hydrogen) atoms. The van der Waals surface area contributed by atoms with E-state index in [-0.39, 0.29) is 0 Å². The average molecular weight is 242 g/mol. The molecule has 0 aromatic carbocycles. The van der Waals surface area contributed by atoms with Gasteiger partial charge in [-0.05, 0) is 19.3 Å². The Morgan fingerprint density at radius 3 is 2.65 bits per heavy atom. The number of carboxylic acids is 1. The van der Waals surface area contributed by atoms with Crippen LogP contribution < -0.4 is 10.6 Å². The molecular weight excluding hydrogens is 220 g/mol. The summed E-state index contributed by atoms with van der Waals surface area (Å²) in [6.07, 6.45) is 5.58. The molecule has 0 saturated carbocycles. The van der Waals surface area contributed by atoms with Crippen molar-refractivity contribution in [2.75, 3.05) is 6.54 Å². The molecule has 0 bridgehead atoms. The minimum absolute atomic E-state index is 0.419. The number of aliphatic carboxylic acids is 1. The molecular formula is C12H22N2O3. The Balaban J connectivity index is 3.86. The number of carbonyl (C=O) groups excluding carboxylic acids is 1. The molecule has 0 saturated heterocycles. The highest BCUT2D eigenvalue weighted by atomic mass is 16.4. The first kappa shape index (κ1) is 15.5. The van der Waals surface area contributed by atoms with Gasteiger partial charge in [-0.15, -0.1) is 6.58 Å². The van der Waals surface area contributed by atoms with Crippen LogP contribution in [0.15, 0.2) is 12.7 Å². The van der Waals surface area contributed by atoms with Crippen molar-refractivity contribution in [1.29, 1.82) is 0 Å². The van der Waals surface area contributed by atoms with E-state index in [0.717, 1.165) is 25.7 Å². The molecule has 0 spiro atoms. The molecule has 0 aliphatic carbocycles. The van der Waals surface area contributed by atoms with Gasteiger partial charge in [0, 0.05) is 6.54 Å². The van der Waals surface area contributed by atoms with Crippen LogP contribution in [0.3, 0.4) is 0 Å². The van der Waals surface area contributed by atoms with E-state index in [0.29, 0.717) is 13.0 Å². The van der Waals surface area contributed by atoms with Gasteiger partial charge >= 0.3 is 12.0 Å². The lowest BCUT2D eigenvalue weighted by Gasteiger charge is -2.14. The van der Waals surface area contributed by atoms with E-state index in [4.69, 9.17) is 5.11 Å². The number of carboxylic acid groups (broad SMARTS) is 1. The molecule has 0 heterocycles. The molecule has 0 radical (unpaired) electrons. The second-order valence-corrected chi connectivity index (χ2v) is 3.86. The van der Waals surface area contributed by atoms with Gasteiger partial charge in [0.25, 0.3) is 0 Å². The maximum Gasteiger partial charge on any atom is 0.326 e. The molecule has 0 aromatic heterocycles. The number of unbranched alkanes of at least 4 members (excludes halogenated alkanes) is 2. The lowest BCUT2D eigenvalue weighted by molar-refractivity contribution is -0.139. The van der Waals surface area contributed by atoms with Gasteiger partial charge in [-0.2, -0.15) is 0 Å². The Bertz CT molecular complexity index is 254. The summed E-state index contributed by atoms with van der Waals surface area (Å²) < 4.78 is 0. The van der Waals surface area contributed by atoms with Crippen LogP contribution in [0.5, 0.6) is 0 Å². The molecule has 0 aromatic rings. The summed E-state index contributed by atoms with van der Waals surface area (Å²) in [5.74, 6) is -0.986. The highest BCUT2D eigenvalue weighted by Gasteiger charge is 2.18. The smallest absolute Gasteiger partial charge is 0.326 e. The summed E-state index contributed by atoms with van der Waals surface area (Å²) >= 11 is 0. The van der Waals surface area contributed by atoms with Crippen molar-refractivity contribution >= 4 is 12.0 Å². The highest BCUT2D eigenvalue weighted by Crippen LogP contribution is 2.00. The number of rotatable bonds is 9. The van der Waals surface area contributed by atoms with Gasteiger partial charge in [-0.25, -0.2) is 9.59 Å². The zero-order valence-corrected chi connectivity index (χ0v) is 10.4. The van der Waals surface area contributed by atoms with Crippen LogP contribution >= 0.6 is 0 Å². The summed E-state index contributed by atoms with van der Waals surface area (Å²) in [6.45, 7) is 6.08. The number of nitrogens with one attached hydrogen (secondary N) is 2. The third kappa shape index (κ3) is 8.30. The number of hydrogen-bond acceptors (Lipinski definition) is 2. The fourth-order valence-electron chi connectivity index (χ4n) is 1.32. The zero-order valence-electron chi connectivity index (χ0n) is 10.4. The van der Waals surface area contributed by atoms with E-state index in [2.05, 4.69) is 17.2 Å². The first-order valence-electron chi connectivity index (χ1n) is 5.99. The predicted octanol–water partition coefficient (Wildman–Crippen LogP) is 1.90. The number of urea groups is 1. The van der Waals surface area contributed by atoms with Crippen LogP contribution in [0.2, 0.25) is 0 Å². The van der Waals surface area contributed by atoms with Crippen LogP contribution in [-0.2, 0) is 4.79 Å². The fraction of sp³-hybridized carbons (Fsp3) is 0.667. The standard InChI is InChI=1S/C12H22N2O3/c1-3-5-7-9-13-12(17)14-10(11(15)16)8-6-4-2/h3,10H,1,4-9H2,2H3,(H,15,16)(H2,13,14,17)/t10-/m0/s1. The summed E-state index contributed by atoms with van der Waals surface area (Å²) in [4.78, 5) is 22.2. The van der Waals surface area contributed by atoms with E-state index in [1.54, 1.807) is 6.08 Å². The Kier molecular flexibility index (Phi) is 8.82. The number of carbonyl (C=O) groups is 2. The van der Waals surface area contributed by atoms with Gasteiger partial charge in [-0.3, -0.25) is 0 Å². The maximum absolute atomic E-state index is 11.4. The lowest BCUT2D eigenvalue weighted by Crippen LogP contribution is -2.46. The fourth-order valence-corrected chi connectivity index (χ4v) is 1.32.